The highest BCUT2D eigenvalue weighted by molar-refractivity contribution is 6.34. The Bertz CT molecular complexity index is 2280. The number of imidazole rings is 1. The van der Waals surface area contributed by atoms with E-state index in [4.69, 9.17) is 9.97 Å². The number of aryl methyl sites for hydroxylation is 1. The lowest BCUT2D eigenvalue weighted by Gasteiger charge is -2.48. The molecule has 5 heterocycles. The normalized spacial score (nSPS) is 22.7. The molecule has 2 aromatic heterocycles. The van der Waals surface area contributed by atoms with Crippen LogP contribution >= 0.6 is 0 Å². The summed E-state index contributed by atoms with van der Waals surface area (Å²) in [5.74, 6) is 0.798. The first-order valence-electron chi connectivity index (χ1n) is 24.7. The van der Waals surface area contributed by atoms with Crippen LogP contribution in [0.15, 0.2) is 42.7 Å². The summed E-state index contributed by atoms with van der Waals surface area (Å²) in [6.45, 7) is 14.0. The molecule has 2 saturated carbocycles. The maximum absolute atomic E-state index is 15.8. The van der Waals surface area contributed by atoms with Gasteiger partial charge in [-0.15, -0.1) is 0 Å². The Morgan fingerprint density at radius 1 is 0.857 bits per heavy atom. The molecule has 0 unspecified atom stereocenters. The number of amides is 2. The molecule has 4 fully saturated rings. The van der Waals surface area contributed by atoms with E-state index in [2.05, 4.69) is 57.3 Å². The van der Waals surface area contributed by atoms with Crippen molar-refractivity contribution in [1.29, 1.82) is 0 Å². The number of piperidine rings is 2. The maximum Gasteiger partial charge on any atom is 0.251 e. The number of hydrogen-bond donors (Lipinski definition) is 2. The van der Waals surface area contributed by atoms with Crippen LogP contribution in [-0.2, 0) is 10.2 Å². The topological polar surface area (TPSA) is 98.6 Å². The van der Waals surface area contributed by atoms with E-state index >= 15 is 9.18 Å². The minimum absolute atomic E-state index is 0.0617. The fraction of sp³-hybridized carbons (Fsp3) is 0.608. The highest BCUT2D eigenvalue weighted by Gasteiger charge is 2.55. The van der Waals surface area contributed by atoms with Crippen molar-refractivity contribution in [3.05, 3.63) is 65.2 Å². The van der Waals surface area contributed by atoms with Gasteiger partial charge in [0.15, 0.2) is 5.82 Å². The summed E-state index contributed by atoms with van der Waals surface area (Å²) in [6.07, 6.45) is 21.7. The number of aromatic nitrogens is 3. The van der Waals surface area contributed by atoms with Gasteiger partial charge in [0, 0.05) is 41.0 Å². The molecule has 2 aromatic carbocycles. The van der Waals surface area contributed by atoms with Crippen molar-refractivity contribution in [2.75, 3.05) is 36.4 Å². The number of nitrogens with one attached hydrogen (secondary N) is 2. The molecule has 336 valence electrons. The molecule has 10 nitrogen and oxygen atoms in total. The van der Waals surface area contributed by atoms with Crippen LogP contribution in [0.25, 0.3) is 22.3 Å². The van der Waals surface area contributed by atoms with Gasteiger partial charge < -0.3 is 29.8 Å². The minimum Gasteiger partial charge on any atom is -0.350 e. The average Bonchev–Trinajstić information content (AvgIpc) is 3.79. The molecule has 5 aliphatic rings. The molecular formula is C51H70BFN8O2. The van der Waals surface area contributed by atoms with Crippen LogP contribution in [0.5, 0.6) is 0 Å². The van der Waals surface area contributed by atoms with Crippen molar-refractivity contribution in [2.24, 2.45) is 0 Å². The Morgan fingerprint density at radius 3 is 2.22 bits per heavy atom. The minimum atomic E-state index is -0.514. The van der Waals surface area contributed by atoms with E-state index in [1.54, 1.807) is 13.0 Å². The summed E-state index contributed by atoms with van der Waals surface area (Å²) in [6, 6.07) is 12.3. The highest BCUT2D eigenvalue weighted by Crippen LogP contribution is 2.52. The van der Waals surface area contributed by atoms with Gasteiger partial charge in [-0.25, -0.2) is 14.4 Å². The Kier molecular flexibility index (Phi) is 13.0. The van der Waals surface area contributed by atoms with Gasteiger partial charge in [-0.1, -0.05) is 82.2 Å². The van der Waals surface area contributed by atoms with Crippen molar-refractivity contribution >= 4 is 47.5 Å². The van der Waals surface area contributed by atoms with Crippen molar-refractivity contribution in [2.45, 2.75) is 173 Å². The Morgan fingerprint density at radius 2 is 1.54 bits per heavy atom. The van der Waals surface area contributed by atoms with Gasteiger partial charge in [-0.2, -0.15) is 0 Å². The number of rotatable bonds is 10. The third-order valence-electron chi connectivity index (χ3n) is 15.3. The third-order valence-corrected chi connectivity index (χ3v) is 15.3. The number of hydrogen-bond acceptors (Lipinski definition) is 7. The van der Waals surface area contributed by atoms with Gasteiger partial charge in [0.1, 0.15) is 11.3 Å². The molecule has 1 spiro atoms. The quantitative estimate of drug-likeness (QED) is 0.153. The predicted molar refractivity (Wildman–Crippen MR) is 255 cm³/mol. The molecule has 2 N–H and O–H groups in total. The number of carbonyl (C=O) groups excluding carboxylic acids is 2. The number of halogens is 1. The second-order valence-electron chi connectivity index (χ2n) is 20.5. The molecule has 9 rings (SSSR count). The van der Waals surface area contributed by atoms with E-state index in [0.717, 1.165) is 74.3 Å². The van der Waals surface area contributed by atoms with Gasteiger partial charge in [0.2, 0.25) is 13.3 Å². The van der Waals surface area contributed by atoms with E-state index in [-0.39, 0.29) is 29.7 Å². The summed E-state index contributed by atoms with van der Waals surface area (Å²) in [4.78, 5) is 46.1. The Hall–Kier alpha value is -4.29. The van der Waals surface area contributed by atoms with E-state index in [1.807, 2.05) is 30.8 Å². The smallest absolute Gasteiger partial charge is 0.251 e. The van der Waals surface area contributed by atoms with Crippen molar-refractivity contribution in [1.82, 2.24) is 29.6 Å². The van der Waals surface area contributed by atoms with Crippen LogP contribution in [0.1, 0.15) is 158 Å². The molecule has 0 bridgehead atoms. The van der Waals surface area contributed by atoms with Crippen LogP contribution in [0.4, 0.5) is 21.6 Å². The van der Waals surface area contributed by atoms with E-state index in [9.17, 15) is 4.79 Å². The van der Waals surface area contributed by atoms with E-state index < -0.39 is 11.2 Å². The van der Waals surface area contributed by atoms with Gasteiger partial charge >= 0.3 is 0 Å². The third kappa shape index (κ3) is 8.92. The van der Waals surface area contributed by atoms with Crippen LogP contribution in [0.2, 0.25) is 5.82 Å². The summed E-state index contributed by atoms with van der Waals surface area (Å²) >= 11 is 0. The second-order valence-corrected chi connectivity index (χ2v) is 20.5. The number of nitrogens with zero attached hydrogens (tertiary/aromatic N) is 6. The van der Waals surface area contributed by atoms with E-state index in [0.29, 0.717) is 34.6 Å². The molecule has 2 amide bonds. The summed E-state index contributed by atoms with van der Waals surface area (Å²) < 4.78 is 17.9. The average molecular weight is 857 g/mol. The first-order valence-corrected chi connectivity index (χ1v) is 24.7. The number of benzene rings is 2. The molecule has 2 saturated heterocycles. The number of fused-ring (bicyclic) bond motifs is 3. The fourth-order valence-corrected chi connectivity index (χ4v) is 11.7. The lowest BCUT2D eigenvalue weighted by molar-refractivity contribution is -0.125. The van der Waals surface area contributed by atoms with Crippen LogP contribution < -0.4 is 15.5 Å². The van der Waals surface area contributed by atoms with Crippen LogP contribution in [0.3, 0.4) is 0 Å². The second kappa shape index (κ2) is 18.7. The zero-order valence-corrected chi connectivity index (χ0v) is 38.7. The van der Waals surface area contributed by atoms with Gasteiger partial charge in [-0.05, 0) is 135 Å². The maximum atomic E-state index is 15.8. The zero-order chi connectivity index (χ0) is 43.8. The number of carbonyl (C=O) groups is 2. The van der Waals surface area contributed by atoms with Crippen molar-refractivity contribution in [3.63, 3.8) is 0 Å². The lowest BCUT2D eigenvalue weighted by Crippen LogP contribution is -2.58. The summed E-state index contributed by atoms with van der Waals surface area (Å²) in [5, 5.41) is 6.26. The van der Waals surface area contributed by atoms with Crippen LogP contribution in [0, 0.1) is 12.7 Å². The molecule has 0 atom stereocenters. The largest absolute Gasteiger partial charge is 0.350 e. The summed E-state index contributed by atoms with van der Waals surface area (Å²) in [5.41, 5.74) is 5.92. The zero-order valence-electron chi connectivity index (χ0n) is 38.7. The van der Waals surface area contributed by atoms with Gasteiger partial charge in [0.05, 0.1) is 28.6 Å². The lowest BCUT2D eigenvalue weighted by atomic mass is 9.65. The SMILES string of the molecule is Cc1cc(F)c(Nc2nc(-c3ccc4c(c3)N(C3CC(N5CCCCC5)C3)C(=O)C43CCN(BC4CCCCCCCCC4)CC3)cc3ncn(C(C)C)c23)cc1C(=O)NC(C)C. The van der Waals surface area contributed by atoms with Crippen molar-refractivity contribution in [3.8, 4) is 11.3 Å². The highest BCUT2D eigenvalue weighted by atomic mass is 19.1. The number of pyridine rings is 1. The number of likely N-dealkylation sites (tertiary alicyclic amines) is 1. The van der Waals surface area contributed by atoms with Crippen LogP contribution in [-0.4, -0.2) is 87.8 Å². The fourth-order valence-electron chi connectivity index (χ4n) is 11.7. The molecule has 4 aromatic rings. The van der Waals surface area contributed by atoms with E-state index in [1.165, 1.54) is 102 Å². The molecule has 63 heavy (non-hydrogen) atoms. The standard InChI is InChI=1S/C51H70BFN8O2/c1-33(2)55-49(62)40-30-44(42(53)26-35(40)5)57-48-47-45(54-32-60(47)34(3)4)31-43(56-48)36-18-19-41-46(27-36)61(39-28-38(29-39)58-22-14-11-15-23-58)50(63)51(41)20-24-59(25-21-51)52-37-16-12-9-7-6-8-10-13-17-37/h18-19,26-27,30-34,37-39,52H,6-17,20-25,28-29H2,1-5H3,(H,55,62)(H,56,57). The van der Waals surface area contributed by atoms with Gasteiger partial charge in [0.25, 0.3) is 5.91 Å². The first-order chi connectivity index (χ1) is 30.5. The molecule has 12 heteroatoms. The molecule has 0 radical (unpaired) electrons. The number of anilines is 3. The Balaban J connectivity index is 1.04. The summed E-state index contributed by atoms with van der Waals surface area (Å²) in [7, 11) is 1.16. The first kappa shape index (κ1) is 43.9. The predicted octanol–water partition coefficient (Wildman–Crippen LogP) is 10.4. The van der Waals surface area contributed by atoms with Crippen molar-refractivity contribution < 1.29 is 14.0 Å². The molecule has 3 aliphatic heterocycles. The molecular weight excluding hydrogens is 786 g/mol. The van der Waals surface area contributed by atoms with Gasteiger partial charge in [-0.3, -0.25) is 9.59 Å². The molecule has 2 aliphatic carbocycles. The monoisotopic (exact) mass is 857 g/mol. The Labute approximate surface area is 375 Å².